The summed E-state index contributed by atoms with van der Waals surface area (Å²) >= 11 is 7.22. The van der Waals surface area contributed by atoms with E-state index in [-0.39, 0.29) is 17.3 Å². The van der Waals surface area contributed by atoms with Gasteiger partial charge in [-0.15, -0.1) is 22.9 Å². The van der Waals surface area contributed by atoms with Crippen LogP contribution in [0.25, 0.3) is 10.9 Å². The van der Waals surface area contributed by atoms with E-state index >= 15 is 0 Å². The Kier molecular flexibility index (Phi) is 5.76. The second-order valence-electron chi connectivity index (χ2n) is 6.45. The number of halogens is 1. The third kappa shape index (κ3) is 4.33. The number of sulfonamides is 1. The Bertz CT molecular complexity index is 1280. The van der Waals surface area contributed by atoms with E-state index in [1.54, 1.807) is 17.5 Å². The monoisotopic (exact) mass is 460 g/mol. The summed E-state index contributed by atoms with van der Waals surface area (Å²) in [5, 5.41) is 5.78. The van der Waals surface area contributed by atoms with E-state index in [1.165, 1.54) is 29.7 Å². The van der Waals surface area contributed by atoms with E-state index in [9.17, 15) is 13.2 Å². The minimum Gasteiger partial charge on any atom is -0.338 e. The van der Waals surface area contributed by atoms with Crippen LogP contribution in [0, 0.1) is 0 Å². The molecular weight excluding hydrogens is 444 g/mol. The minimum absolute atomic E-state index is 0.0823. The van der Waals surface area contributed by atoms with E-state index < -0.39 is 10.0 Å². The summed E-state index contributed by atoms with van der Waals surface area (Å²) in [5.41, 5.74) is 2.38. The maximum atomic E-state index is 12.5. The fourth-order valence-electron chi connectivity index (χ4n) is 3.10. The first kappa shape index (κ1) is 20.4. The van der Waals surface area contributed by atoms with Crippen LogP contribution in [-0.2, 0) is 27.2 Å². The number of benzene rings is 2. The van der Waals surface area contributed by atoms with Crippen molar-refractivity contribution in [3.63, 3.8) is 0 Å². The van der Waals surface area contributed by atoms with Crippen LogP contribution in [0.1, 0.15) is 5.56 Å². The summed E-state index contributed by atoms with van der Waals surface area (Å²) in [4.78, 5) is 16.5. The van der Waals surface area contributed by atoms with Gasteiger partial charge in [0.2, 0.25) is 5.91 Å². The highest BCUT2D eigenvalue weighted by atomic mass is 35.5. The molecule has 4 aromatic rings. The quantitative estimate of drug-likeness (QED) is 0.402. The molecule has 0 aliphatic carbocycles. The van der Waals surface area contributed by atoms with Gasteiger partial charge in [0.15, 0.2) is 5.13 Å². The highest BCUT2D eigenvalue weighted by molar-refractivity contribution is 7.93. The molecule has 0 saturated heterocycles. The maximum Gasteiger partial charge on any atom is 0.263 e. The van der Waals surface area contributed by atoms with Gasteiger partial charge in [-0.25, -0.2) is 13.4 Å². The second-order valence-corrected chi connectivity index (χ2v) is 9.29. The van der Waals surface area contributed by atoms with E-state index in [0.717, 1.165) is 16.5 Å². The van der Waals surface area contributed by atoms with Crippen LogP contribution in [0.4, 0.5) is 10.8 Å². The van der Waals surface area contributed by atoms with Crippen LogP contribution >= 0.6 is 22.9 Å². The first-order chi connectivity index (χ1) is 14.5. The van der Waals surface area contributed by atoms with Crippen molar-refractivity contribution in [3.8, 4) is 0 Å². The van der Waals surface area contributed by atoms with Gasteiger partial charge >= 0.3 is 0 Å². The zero-order chi connectivity index (χ0) is 21.1. The summed E-state index contributed by atoms with van der Waals surface area (Å²) in [7, 11) is -3.73. The molecule has 0 aliphatic heterocycles. The number of carbonyl (C=O) groups is 1. The third-order valence-corrected chi connectivity index (χ3v) is 6.89. The Morgan fingerprint density at radius 3 is 2.63 bits per heavy atom. The van der Waals surface area contributed by atoms with Crippen LogP contribution < -0.4 is 10.0 Å². The first-order valence-electron chi connectivity index (χ1n) is 8.91. The van der Waals surface area contributed by atoms with Gasteiger partial charge in [0.05, 0.1) is 10.4 Å². The molecule has 0 fully saturated rings. The fourth-order valence-corrected chi connectivity index (χ4v) is 5.11. The van der Waals surface area contributed by atoms with E-state index in [4.69, 9.17) is 11.6 Å². The summed E-state index contributed by atoms with van der Waals surface area (Å²) in [5.74, 6) is 0.127. The molecule has 0 atom stereocenters. The van der Waals surface area contributed by atoms with Crippen LogP contribution in [0.15, 0.2) is 71.2 Å². The number of nitrogens with zero attached hydrogens (tertiary/aromatic N) is 2. The number of aromatic nitrogens is 2. The van der Waals surface area contributed by atoms with Gasteiger partial charge in [0, 0.05) is 29.3 Å². The van der Waals surface area contributed by atoms with Gasteiger partial charge in [0.1, 0.15) is 6.54 Å². The highest BCUT2D eigenvalue weighted by Gasteiger charge is 2.16. The first-order valence-corrected chi connectivity index (χ1v) is 11.8. The normalized spacial score (nSPS) is 11.5. The standard InChI is InChI=1S/C20H17ClN4O3S2/c21-12-15-3-1-2-14-8-10-25(19(14)15)13-18(26)23-16-4-6-17(7-5-16)30(27,28)24-20-22-9-11-29-20/h1-11H,12-13H2,(H,22,24)(H,23,26). The number of amides is 1. The van der Waals surface area contributed by atoms with Gasteiger partial charge in [-0.2, -0.15) is 0 Å². The average molecular weight is 461 g/mol. The molecule has 0 bridgehead atoms. The van der Waals surface area contributed by atoms with Crippen LogP contribution in [-0.4, -0.2) is 23.9 Å². The number of para-hydroxylation sites is 1. The Balaban J connectivity index is 1.46. The maximum absolute atomic E-state index is 12.5. The predicted octanol–water partition coefficient (Wildman–Crippen LogP) is 4.28. The smallest absolute Gasteiger partial charge is 0.263 e. The average Bonchev–Trinajstić information content (AvgIpc) is 3.38. The molecule has 10 heteroatoms. The molecule has 2 N–H and O–H groups in total. The van der Waals surface area contributed by atoms with Crippen molar-refractivity contribution in [1.29, 1.82) is 0 Å². The molecule has 4 rings (SSSR count). The molecule has 30 heavy (non-hydrogen) atoms. The van der Waals surface area contributed by atoms with Crippen molar-refractivity contribution >= 4 is 60.6 Å². The number of alkyl halides is 1. The molecule has 2 aromatic heterocycles. The molecule has 0 aliphatic rings. The molecule has 0 saturated carbocycles. The lowest BCUT2D eigenvalue weighted by atomic mass is 10.2. The zero-order valence-electron chi connectivity index (χ0n) is 15.6. The van der Waals surface area contributed by atoms with E-state index in [0.29, 0.717) is 16.7 Å². The highest BCUT2D eigenvalue weighted by Crippen LogP contribution is 2.23. The summed E-state index contributed by atoms with van der Waals surface area (Å²) < 4.78 is 29.0. The SMILES string of the molecule is O=C(Cn1ccc2cccc(CCl)c21)Nc1ccc(S(=O)(=O)Nc2nccs2)cc1. The van der Waals surface area contributed by atoms with Crippen LogP contribution in [0.2, 0.25) is 0 Å². The summed E-state index contributed by atoms with van der Waals surface area (Å²) in [6, 6.07) is 13.7. The molecule has 0 spiro atoms. The lowest BCUT2D eigenvalue weighted by Gasteiger charge is -2.10. The van der Waals surface area contributed by atoms with Crippen molar-refractivity contribution in [2.75, 3.05) is 10.0 Å². The van der Waals surface area contributed by atoms with Crippen molar-refractivity contribution < 1.29 is 13.2 Å². The second kappa shape index (κ2) is 8.47. The van der Waals surface area contributed by atoms with Crippen LogP contribution in [0.3, 0.4) is 0 Å². The number of rotatable bonds is 7. The number of thiazole rings is 1. The molecule has 0 unspecified atom stereocenters. The number of anilines is 2. The fraction of sp³-hybridized carbons (Fsp3) is 0.100. The molecule has 2 heterocycles. The lowest BCUT2D eigenvalue weighted by Crippen LogP contribution is -2.18. The van der Waals surface area contributed by atoms with Gasteiger partial charge < -0.3 is 9.88 Å². The molecule has 0 radical (unpaired) electrons. The van der Waals surface area contributed by atoms with Crippen molar-refractivity contribution in [2.45, 2.75) is 17.3 Å². The largest absolute Gasteiger partial charge is 0.338 e. The third-order valence-electron chi connectivity index (χ3n) is 4.43. The summed E-state index contributed by atoms with van der Waals surface area (Å²) in [6.07, 6.45) is 3.37. The number of nitrogens with one attached hydrogen (secondary N) is 2. The Labute approximate surface area is 182 Å². The Morgan fingerprint density at radius 1 is 1.13 bits per heavy atom. The van der Waals surface area contributed by atoms with Crippen LogP contribution in [0.5, 0.6) is 0 Å². The van der Waals surface area contributed by atoms with Gasteiger partial charge in [-0.3, -0.25) is 9.52 Å². The molecule has 7 nitrogen and oxygen atoms in total. The summed E-state index contributed by atoms with van der Waals surface area (Å²) in [6.45, 7) is 0.114. The van der Waals surface area contributed by atoms with Crippen molar-refractivity contribution in [2.24, 2.45) is 0 Å². The van der Waals surface area contributed by atoms with Crippen molar-refractivity contribution in [3.05, 3.63) is 71.9 Å². The van der Waals surface area contributed by atoms with E-state index in [2.05, 4.69) is 15.0 Å². The van der Waals surface area contributed by atoms with Gasteiger partial charge in [-0.05, 0) is 41.3 Å². The molecular formula is C20H17ClN4O3S2. The number of fused-ring (bicyclic) bond motifs is 1. The van der Waals surface area contributed by atoms with Gasteiger partial charge in [0.25, 0.3) is 10.0 Å². The lowest BCUT2D eigenvalue weighted by molar-refractivity contribution is -0.116. The topological polar surface area (TPSA) is 93.1 Å². The number of carbonyl (C=O) groups excluding carboxylic acids is 1. The minimum atomic E-state index is -3.73. The Hall–Kier alpha value is -2.88. The predicted molar refractivity (Wildman–Crippen MR) is 119 cm³/mol. The Morgan fingerprint density at radius 2 is 1.93 bits per heavy atom. The zero-order valence-corrected chi connectivity index (χ0v) is 18.0. The number of hydrogen-bond acceptors (Lipinski definition) is 5. The van der Waals surface area contributed by atoms with E-state index in [1.807, 2.05) is 35.0 Å². The number of hydrogen-bond donors (Lipinski definition) is 2. The molecule has 2 aromatic carbocycles. The van der Waals surface area contributed by atoms with Gasteiger partial charge in [-0.1, -0.05) is 18.2 Å². The molecule has 154 valence electrons. The van der Waals surface area contributed by atoms with Crippen molar-refractivity contribution in [1.82, 2.24) is 9.55 Å². The molecule has 1 amide bonds.